The lowest BCUT2D eigenvalue weighted by atomic mass is 9.72. The lowest BCUT2D eigenvalue weighted by molar-refractivity contribution is -0.137. The van der Waals surface area contributed by atoms with Gasteiger partial charge in [0.25, 0.3) is 0 Å². The number of hydrogen-bond acceptors (Lipinski definition) is 3. The number of alkyl halides is 3. The topological polar surface area (TPSA) is 52.6 Å². The van der Waals surface area contributed by atoms with E-state index in [9.17, 15) is 23.1 Å². The lowest BCUT2D eigenvalue weighted by Crippen LogP contribution is -2.53. The second-order valence-corrected chi connectivity index (χ2v) is 10.5. The van der Waals surface area contributed by atoms with E-state index in [2.05, 4.69) is 10.2 Å². The van der Waals surface area contributed by atoms with Gasteiger partial charge in [-0.05, 0) is 75.1 Å². The Morgan fingerprint density at radius 1 is 1.13 bits per heavy atom. The first-order valence-electron chi connectivity index (χ1n) is 11.2. The summed E-state index contributed by atoms with van der Waals surface area (Å²) in [5.74, 6) is 0.0836. The SMILES string of the molecule is CC(C)(O)[C@H]1CCC[C@H](NC(=O)[C@H]2CCN(c3ccc(C(F)(F)F)cc3)CC2(C)C)C1. The first kappa shape index (κ1) is 23.9. The molecule has 7 heteroatoms. The highest BCUT2D eigenvalue weighted by Crippen LogP contribution is 2.39. The van der Waals surface area contributed by atoms with E-state index < -0.39 is 17.3 Å². The Kier molecular flexibility index (Phi) is 6.66. The van der Waals surface area contributed by atoms with Gasteiger partial charge in [0.2, 0.25) is 5.91 Å². The zero-order chi connectivity index (χ0) is 23.0. The zero-order valence-corrected chi connectivity index (χ0v) is 18.9. The third-order valence-corrected chi connectivity index (χ3v) is 7.13. The molecule has 0 unspecified atom stereocenters. The third-order valence-electron chi connectivity index (χ3n) is 7.13. The molecule has 3 rings (SSSR count). The highest BCUT2D eigenvalue weighted by Gasteiger charge is 2.42. The summed E-state index contributed by atoms with van der Waals surface area (Å²) in [4.78, 5) is 15.2. The van der Waals surface area contributed by atoms with Gasteiger partial charge in [-0.2, -0.15) is 13.2 Å². The van der Waals surface area contributed by atoms with Crippen LogP contribution >= 0.6 is 0 Å². The maximum Gasteiger partial charge on any atom is 0.416 e. The van der Waals surface area contributed by atoms with Gasteiger partial charge in [0, 0.05) is 30.7 Å². The number of carbonyl (C=O) groups excluding carboxylic acids is 1. The molecule has 2 aliphatic rings. The van der Waals surface area contributed by atoms with E-state index in [1.165, 1.54) is 12.1 Å². The van der Waals surface area contributed by atoms with Crippen LogP contribution in [0.15, 0.2) is 24.3 Å². The molecule has 0 aromatic heterocycles. The lowest BCUT2D eigenvalue weighted by Gasteiger charge is -2.45. The fourth-order valence-electron chi connectivity index (χ4n) is 5.19. The third kappa shape index (κ3) is 5.73. The summed E-state index contributed by atoms with van der Waals surface area (Å²) in [6, 6.07) is 5.34. The van der Waals surface area contributed by atoms with Gasteiger partial charge in [0.05, 0.1) is 11.2 Å². The van der Waals surface area contributed by atoms with Crippen molar-refractivity contribution < 1.29 is 23.1 Å². The van der Waals surface area contributed by atoms with Crippen LogP contribution in [0.3, 0.4) is 0 Å². The zero-order valence-electron chi connectivity index (χ0n) is 18.9. The minimum Gasteiger partial charge on any atom is -0.390 e. The van der Waals surface area contributed by atoms with Crippen molar-refractivity contribution in [1.82, 2.24) is 5.32 Å². The van der Waals surface area contributed by atoms with Crippen LogP contribution in [0.1, 0.15) is 65.4 Å². The molecular weight excluding hydrogens is 405 g/mol. The maximum atomic E-state index is 13.1. The standard InChI is InChI=1S/C24H35F3N2O2/c1-22(2)15-29(19-10-8-16(9-11-19)24(25,26)27)13-12-20(22)21(30)28-18-7-5-6-17(14-18)23(3,4)31/h8-11,17-18,20,31H,5-7,12-15H2,1-4H3,(H,28,30)/t17-,18-,20+/m0/s1. The summed E-state index contributed by atoms with van der Waals surface area (Å²) in [6.07, 6.45) is 0.0131. The average Bonchev–Trinajstić information content (AvgIpc) is 2.66. The van der Waals surface area contributed by atoms with E-state index in [1.54, 1.807) is 0 Å². The number of benzene rings is 1. The molecule has 174 valence electrons. The Labute approximate surface area is 183 Å². The summed E-state index contributed by atoms with van der Waals surface area (Å²) in [5, 5.41) is 13.6. The number of nitrogens with one attached hydrogen (secondary N) is 1. The predicted molar refractivity (Wildman–Crippen MR) is 116 cm³/mol. The normalized spacial score (nSPS) is 27.1. The second kappa shape index (κ2) is 8.64. The Bertz CT molecular complexity index is 769. The van der Waals surface area contributed by atoms with Crippen LogP contribution in [0.2, 0.25) is 0 Å². The first-order valence-corrected chi connectivity index (χ1v) is 11.2. The van der Waals surface area contributed by atoms with Crippen LogP contribution in [0.5, 0.6) is 0 Å². The molecular formula is C24H35F3N2O2. The fourth-order valence-corrected chi connectivity index (χ4v) is 5.19. The molecule has 1 heterocycles. The molecule has 1 saturated heterocycles. The minimum absolute atomic E-state index is 0.0541. The monoisotopic (exact) mass is 440 g/mol. The van der Waals surface area contributed by atoms with Gasteiger partial charge in [0.15, 0.2) is 0 Å². The molecule has 1 aromatic carbocycles. The maximum absolute atomic E-state index is 13.1. The Morgan fingerprint density at radius 3 is 2.32 bits per heavy atom. The number of carbonyl (C=O) groups is 1. The summed E-state index contributed by atoms with van der Waals surface area (Å²) in [7, 11) is 0. The Morgan fingerprint density at radius 2 is 1.77 bits per heavy atom. The van der Waals surface area contributed by atoms with E-state index in [1.807, 2.05) is 27.7 Å². The molecule has 4 nitrogen and oxygen atoms in total. The molecule has 2 fully saturated rings. The minimum atomic E-state index is -4.34. The Balaban J connectivity index is 1.61. The molecule has 2 N–H and O–H groups in total. The van der Waals surface area contributed by atoms with Crippen molar-refractivity contribution in [2.45, 2.75) is 77.6 Å². The van der Waals surface area contributed by atoms with Gasteiger partial charge in [0.1, 0.15) is 0 Å². The highest BCUT2D eigenvalue weighted by molar-refractivity contribution is 5.80. The average molecular weight is 441 g/mol. The van der Waals surface area contributed by atoms with Gasteiger partial charge in [-0.3, -0.25) is 4.79 Å². The summed E-state index contributed by atoms with van der Waals surface area (Å²) in [5.41, 5.74) is -0.952. The second-order valence-electron chi connectivity index (χ2n) is 10.5. The van der Waals surface area contributed by atoms with Crippen LogP contribution in [-0.4, -0.2) is 35.7 Å². The quantitative estimate of drug-likeness (QED) is 0.693. The largest absolute Gasteiger partial charge is 0.416 e. The number of aliphatic hydroxyl groups is 1. The number of anilines is 1. The van der Waals surface area contributed by atoms with Crippen LogP contribution in [0.4, 0.5) is 18.9 Å². The van der Waals surface area contributed by atoms with E-state index in [-0.39, 0.29) is 29.2 Å². The van der Waals surface area contributed by atoms with E-state index >= 15 is 0 Å². The molecule has 1 aromatic rings. The van der Waals surface area contributed by atoms with Crippen LogP contribution in [0.25, 0.3) is 0 Å². The van der Waals surface area contributed by atoms with Crippen LogP contribution in [-0.2, 0) is 11.0 Å². The molecule has 1 aliphatic heterocycles. The van der Waals surface area contributed by atoms with E-state index in [0.29, 0.717) is 19.5 Å². The summed E-state index contributed by atoms with van der Waals surface area (Å²) in [6.45, 7) is 9.00. The molecule has 1 amide bonds. The number of nitrogens with zero attached hydrogens (tertiary/aromatic N) is 1. The predicted octanol–water partition coefficient (Wildman–Crippen LogP) is 5.00. The molecule has 0 radical (unpaired) electrons. The highest BCUT2D eigenvalue weighted by atomic mass is 19.4. The smallest absolute Gasteiger partial charge is 0.390 e. The molecule has 0 bridgehead atoms. The van der Waals surface area contributed by atoms with Gasteiger partial charge >= 0.3 is 6.18 Å². The number of piperidine rings is 1. The molecule has 3 atom stereocenters. The Hall–Kier alpha value is -1.76. The number of halogens is 3. The first-order chi connectivity index (χ1) is 14.3. The van der Waals surface area contributed by atoms with E-state index in [4.69, 9.17) is 0 Å². The van der Waals surface area contributed by atoms with Gasteiger partial charge in [-0.25, -0.2) is 0 Å². The van der Waals surface area contributed by atoms with Crippen molar-refractivity contribution in [1.29, 1.82) is 0 Å². The van der Waals surface area contributed by atoms with Crippen molar-refractivity contribution in [3.05, 3.63) is 29.8 Å². The molecule has 31 heavy (non-hydrogen) atoms. The van der Waals surface area contributed by atoms with Crippen molar-refractivity contribution in [3.63, 3.8) is 0 Å². The van der Waals surface area contributed by atoms with Crippen LogP contribution in [0, 0.1) is 17.3 Å². The van der Waals surface area contributed by atoms with Crippen molar-refractivity contribution >= 4 is 11.6 Å². The van der Waals surface area contributed by atoms with Gasteiger partial charge in [-0.15, -0.1) is 0 Å². The number of hydrogen-bond donors (Lipinski definition) is 2. The summed E-state index contributed by atoms with van der Waals surface area (Å²) >= 11 is 0. The molecule has 1 aliphatic carbocycles. The fraction of sp³-hybridized carbons (Fsp3) is 0.708. The van der Waals surface area contributed by atoms with Crippen molar-refractivity contribution in [2.24, 2.45) is 17.3 Å². The van der Waals surface area contributed by atoms with Crippen molar-refractivity contribution in [3.8, 4) is 0 Å². The van der Waals surface area contributed by atoms with E-state index in [0.717, 1.165) is 43.5 Å². The molecule has 0 spiro atoms. The number of rotatable bonds is 4. The van der Waals surface area contributed by atoms with Gasteiger partial charge in [-0.1, -0.05) is 20.3 Å². The van der Waals surface area contributed by atoms with Gasteiger partial charge < -0.3 is 15.3 Å². The molecule has 1 saturated carbocycles. The summed E-state index contributed by atoms with van der Waals surface area (Å²) < 4.78 is 38.5. The van der Waals surface area contributed by atoms with Crippen molar-refractivity contribution in [2.75, 3.05) is 18.0 Å². The van der Waals surface area contributed by atoms with Crippen LogP contribution < -0.4 is 10.2 Å². The number of amides is 1.